The normalized spacial score (nSPS) is 10.3. The van der Waals surface area contributed by atoms with Gasteiger partial charge in [0.15, 0.2) is 0 Å². The molecule has 0 unspecified atom stereocenters. The standard InChI is InChI=1S/C15H16FN3/c1-10-3-8-13(15(17)18)14(9-10)19(2)12-6-4-11(16)5-7-12/h3-9H,1-2H3,(H3,17,18). The lowest BCUT2D eigenvalue weighted by Gasteiger charge is -2.22. The number of hydrogen-bond donors (Lipinski definition) is 2. The molecule has 0 amide bonds. The van der Waals surface area contributed by atoms with Crippen LogP contribution in [0.3, 0.4) is 0 Å². The molecule has 4 heteroatoms. The van der Waals surface area contributed by atoms with Gasteiger partial charge in [-0.2, -0.15) is 0 Å². The number of nitrogens with two attached hydrogens (primary N) is 1. The number of hydrogen-bond acceptors (Lipinski definition) is 2. The number of nitrogens with one attached hydrogen (secondary N) is 1. The Hall–Kier alpha value is -2.36. The quantitative estimate of drug-likeness (QED) is 0.655. The molecule has 98 valence electrons. The minimum Gasteiger partial charge on any atom is -0.384 e. The van der Waals surface area contributed by atoms with Crippen molar-refractivity contribution in [3.05, 3.63) is 59.4 Å². The summed E-state index contributed by atoms with van der Waals surface area (Å²) in [5.41, 5.74) is 9.02. The topological polar surface area (TPSA) is 53.1 Å². The highest BCUT2D eigenvalue weighted by atomic mass is 19.1. The molecule has 0 aliphatic rings. The van der Waals surface area contributed by atoms with Crippen LogP contribution in [0.1, 0.15) is 11.1 Å². The molecular weight excluding hydrogens is 241 g/mol. The van der Waals surface area contributed by atoms with Gasteiger partial charge < -0.3 is 10.6 Å². The van der Waals surface area contributed by atoms with E-state index in [-0.39, 0.29) is 11.7 Å². The monoisotopic (exact) mass is 257 g/mol. The number of nitrogen functional groups attached to an aromatic ring is 1. The molecule has 2 rings (SSSR count). The van der Waals surface area contributed by atoms with Crippen LogP contribution in [0, 0.1) is 18.2 Å². The Bertz CT molecular complexity index is 605. The van der Waals surface area contributed by atoms with Crippen molar-refractivity contribution in [2.24, 2.45) is 5.73 Å². The molecule has 0 saturated carbocycles. The third kappa shape index (κ3) is 2.73. The van der Waals surface area contributed by atoms with Crippen molar-refractivity contribution in [3.8, 4) is 0 Å². The van der Waals surface area contributed by atoms with Crippen LogP contribution in [0.15, 0.2) is 42.5 Å². The van der Waals surface area contributed by atoms with E-state index >= 15 is 0 Å². The fraction of sp³-hybridized carbons (Fsp3) is 0.133. The zero-order chi connectivity index (χ0) is 14.0. The zero-order valence-corrected chi connectivity index (χ0v) is 10.9. The molecule has 0 radical (unpaired) electrons. The first-order chi connectivity index (χ1) is 8.99. The van der Waals surface area contributed by atoms with Crippen molar-refractivity contribution < 1.29 is 4.39 Å². The number of anilines is 2. The molecule has 2 aromatic rings. The van der Waals surface area contributed by atoms with Crippen LogP contribution in [0.25, 0.3) is 0 Å². The van der Waals surface area contributed by atoms with Crippen LogP contribution in [0.5, 0.6) is 0 Å². The Morgan fingerprint density at radius 2 is 1.79 bits per heavy atom. The van der Waals surface area contributed by atoms with Gasteiger partial charge in [0.2, 0.25) is 0 Å². The Labute approximate surface area is 112 Å². The molecule has 3 N–H and O–H groups in total. The fourth-order valence-corrected chi connectivity index (χ4v) is 1.95. The second-order valence-corrected chi connectivity index (χ2v) is 4.47. The highest BCUT2D eigenvalue weighted by Gasteiger charge is 2.11. The van der Waals surface area contributed by atoms with Gasteiger partial charge in [-0.25, -0.2) is 4.39 Å². The summed E-state index contributed by atoms with van der Waals surface area (Å²) in [6, 6.07) is 11.9. The second kappa shape index (κ2) is 5.10. The molecule has 2 aromatic carbocycles. The predicted octanol–water partition coefficient (Wildman–Crippen LogP) is 3.19. The van der Waals surface area contributed by atoms with Gasteiger partial charge >= 0.3 is 0 Å². The summed E-state index contributed by atoms with van der Waals surface area (Å²) in [5, 5.41) is 7.63. The number of benzene rings is 2. The lowest BCUT2D eigenvalue weighted by molar-refractivity contribution is 0.628. The molecule has 0 aliphatic heterocycles. The highest BCUT2D eigenvalue weighted by molar-refractivity contribution is 6.01. The first kappa shape index (κ1) is 13.1. The van der Waals surface area contributed by atoms with Gasteiger partial charge in [-0.05, 0) is 48.9 Å². The number of amidine groups is 1. The molecule has 0 aromatic heterocycles. The zero-order valence-electron chi connectivity index (χ0n) is 10.9. The Kier molecular flexibility index (Phi) is 3.51. The molecule has 3 nitrogen and oxygen atoms in total. The number of nitrogens with zero attached hydrogens (tertiary/aromatic N) is 1. The molecule has 19 heavy (non-hydrogen) atoms. The number of halogens is 1. The van der Waals surface area contributed by atoms with Crippen LogP contribution in [0.2, 0.25) is 0 Å². The molecule has 0 bridgehead atoms. The fourth-order valence-electron chi connectivity index (χ4n) is 1.95. The van der Waals surface area contributed by atoms with Crippen molar-refractivity contribution in [2.75, 3.05) is 11.9 Å². The smallest absolute Gasteiger partial charge is 0.124 e. The minimum atomic E-state index is -0.270. The van der Waals surface area contributed by atoms with Gasteiger partial charge in [-0.3, -0.25) is 5.41 Å². The minimum absolute atomic E-state index is 0.0176. The van der Waals surface area contributed by atoms with Crippen LogP contribution in [-0.4, -0.2) is 12.9 Å². The molecule has 0 aliphatic carbocycles. The van der Waals surface area contributed by atoms with Gasteiger partial charge in [0.25, 0.3) is 0 Å². The maximum absolute atomic E-state index is 13.0. The first-order valence-corrected chi connectivity index (χ1v) is 5.93. The molecule has 0 atom stereocenters. The largest absolute Gasteiger partial charge is 0.384 e. The SMILES string of the molecule is Cc1ccc(C(=N)N)c(N(C)c2ccc(F)cc2)c1. The molecule has 0 saturated heterocycles. The maximum Gasteiger partial charge on any atom is 0.124 e. The summed E-state index contributed by atoms with van der Waals surface area (Å²) in [7, 11) is 1.87. The Morgan fingerprint density at radius 3 is 2.37 bits per heavy atom. The van der Waals surface area contributed by atoms with E-state index in [0.717, 1.165) is 16.9 Å². The molecule has 0 fully saturated rings. The summed E-state index contributed by atoms with van der Waals surface area (Å²) >= 11 is 0. The lowest BCUT2D eigenvalue weighted by atomic mass is 10.1. The number of aryl methyl sites for hydroxylation is 1. The number of rotatable bonds is 3. The maximum atomic E-state index is 13.0. The third-order valence-electron chi connectivity index (χ3n) is 3.02. The van der Waals surface area contributed by atoms with Crippen LogP contribution >= 0.6 is 0 Å². The summed E-state index contributed by atoms with van der Waals surface area (Å²) in [6.07, 6.45) is 0. The van der Waals surface area contributed by atoms with Crippen molar-refractivity contribution in [2.45, 2.75) is 6.92 Å². The van der Waals surface area contributed by atoms with E-state index in [1.54, 1.807) is 12.1 Å². The summed E-state index contributed by atoms with van der Waals surface area (Å²) in [4.78, 5) is 1.89. The van der Waals surface area contributed by atoms with Gasteiger partial charge in [-0.1, -0.05) is 6.07 Å². The molecule has 0 spiro atoms. The van der Waals surface area contributed by atoms with Crippen molar-refractivity contribution in [1.29, 1.82) is 5.41 Å². The Morgan fingerprint density at radius 1 is 1.16 bits per heavy atom. The average Bonchev–Trinajstić information content (AvgIpc) is 2.38. The van der Waals surface area contributed by atoms with Gasteiger partial charge in [0.1, 0.15) is 11.7 Å². The van der Waals surface area contributed by atoms with E-state index in [0.29, 0.717) is 5.56 Å². The van der Waals surface area contributed by atoms with E-state index < -0.39 is 0 Å². The molecular formula is C15H16FN3. The van der Waals surface area contributed by atoms with Crippen molar-refractivity contribution >= 4 is 17.2 Å². The van der Waals surface area contributed by atoms with Crippen LogP contribution in [0.4, 0.5) is 15.8 Å². The van der Waals surface area contributed by atoms with E-state index in [9.17, 15) is 4.39 Å². The second-order valence-electron chi connectivity index (χ2n) is 4.47. The van der Waals surface area contributed by atoms with Crippen molar-refractivity contribution in [3.63, 3.8) is 0 Å². The van der Waals surface area contributed by atoms with Gasteiger partial charge in [0, 0.05) is 18.3 Å². The van der Waals surface area contributed by atoms with E-state index in [1.165, 1.54) is 12.1 Å². The van der Waals surface area contributed by atoms with Gasteiger partial charge in [0.05, 0.1) is 5.69 Å². The third-order valence-corrected chi connectivity index (χ3v) is 3.02. The Balaban J connectivity index is 2.48. The van der Waals surface area contributed by atoms with E-state index in [1.807, 2.05) is 37.1 Å². The average molecular weight is 257 g/mol. The predicted molar refractivity (Wildman–Crippen MR) is 76.7 cm³/mol. The van der Waals surface area contributed by atoms with E-state index in [2.05, 4.69) is 0 Å². The summed E-state index contributed by atoms with van der Waals surface area (Å²) < 4.78 is 13.0. The van der Waals surface area contributed by atoms with Crippen LogP contribution in [-0.2, 0) is 0 Å². The van der Waals surface area contributed by atoms with Gasteiger partial charge in [-0.15, -0.1) is 0 Å². The lowest BCUT2D eigenvalue weighted by Crippen LogP contribution is -2.18. The molecule has 0 heterocycles. The van der Waals surface area contributed by atoms with E-state index in [4.69, 9.17) is 11.1 Å². The first-order valence-electron chi connectivity index (χ1n) is 5.93. The highest BCUT2D eigenvalue weighted by Crippen LogP contribution is 2.28. The summed E-state index contributed by atoms with van der Waals surface area (Å²) in [5.74, 6) is -0.253. The van der Waals surface area contributed by atoms with Crippen LogP contribution < -0.4 is 10.6 Å². The summed E-state index contributed by atoms with van der Waals surface area (Å²) in [6.45, 7) is 1.98. The van der Waals surface area contributed by atoms with Crippen molar-refractivity contribution in [1.82, 2.24) is 0 Å².